The maximum Gasteiger partial charge on any atom is 0.265 e. The number of nitrogens with one attached hydrogen (secondary N) is 1. The van der Waals surface area contributed by atoms with Crippen molar-refractivity contribution in [3.05, 3.63) is 42.5 Å². The molecule has 2 aromatic carbocycles. The molecule has 1 amide bonds. The van der Waals surface area contributed by atoms with E-state index in [9.17, 15) is 4.79 Å². The summed E-state index contributed by atoms with van der Waals surface area (Å²) in [5.74, 6) is 3.10. The Morgan fingerprint density at radius 1 is 0.938 bits per heavy atom. The van der Waals surface area contributed by atoms with Gasteiger partial charge in [0.05, 0.1) is 20.8 Å². The summed E-state index contributed by atoms with van der Waals surface area (Å²) in [5.41, 5.74) is 0. The number of fused-ring (bicyclic) bond motifs is 1. The first-order valence-electron chi connectivity index (χ1n) is 11.2. The fraction of sp³-hybridized carbons (Fsp3) is 0.480. The lowest BCUT2D eigenvalue weighted by Gasteiger charge is -2.38. The van der Waals surface area contributed by atoms with Crippen LogP contribution in [-0.2, 0) is 4.79 Å². The fourth-order valence-corrected chi connectivity index (χ4v) is 4.45. The van der Waals surface area contributed by atoms with Gasteiger partial charge in [-0.1, -0.05) is 37.5 Å². The smallest absolute Gasteiger partial charge is 0.265 e. The minimum Gasteiger partial charge on any atom is -0.493 e. The van der Waals surface area contributed by atoms with Crippen molar-refractivity contribution < 1.29 is 28.5 Å². The Morgan fingerprint density at radius 2 is 1.59 bits per heavy atom. The summed E-state index contributed by atoms with van der Waals surface area (Å²) in [5, 5.41) is 2.95. The van der Waals surface area contributed by atoms with Crippen LogP contribution < -0.4 is 29.0 Å². The number of benzene rings is 2. The minimum absolute atomic E-state index is 0.189. The zero-order valence-corrected chi connectivity index (χ0v) is 18.7. The standard InChI is InChI=1S/C25H31NO6/c1-28-20-13-8-14-21(29-2)23(20)30-16-15-26-25(27)24-22(17-9-4-3-5-10-17)31-18-11-6-7-12-19(18)32-24/h6-8,11-14,17,22,24H,3-5,9-10,15-16H2,1-2H3,(H,26,27)/t22-,24+/m1/s1. The second kappa shape index (κ2) is 10.5. The van der Waals surface area contributed by atoms with Crippen molar-refractivity contribution in [1.82, 2.24) is 5.32 Å². The third-order valence-corrected chi connectivity index (χ3v) is 6.07. The second-order valence-electron chi connectivity index (χ2n) is 8.10. The maximum atomic E-state index is 13.1. The van der Waals surface area contributed by atoms with Gasteiger partial charge in [0, 0.05) is 5.92 Å². The van der Waals surface area contributed by atoms with Gasteiger partial charge in [0.2, 0.25) is 11.9 Å². The molecule has 7 heteroatoms. The van der Waals surface area contributed by atoms with E-state index in [1.54, 1.807) is 26.4 Å². The number of methoxy groups -OCH3 is 2. The molecule has 1 heterocycles. The summed E-state index contributed by atoms with van der Waals surface area (Å²) < 4.78 is 29.0. The van der Waals surface area contributed by atoms with Crippen LogP contribution >= 0.6 is 0 Å². The van der Waals surface area contributed by atoms with Crippen molar-refractivity contribution in [2.45, 2.75) is 44.3 Å². The lowest BCUT2D eigenvalue weighted by Crippen LogP contribution is -2.54. The summed E-state index contributed by atoms with van der Waals surface area (Å²) in [6.07, 6.45) is 4.69. The minimum atomic E-state index is -0.686. The van der Waals surface area contributed by atoms with Gasteiger partial charge >= 0.3 is 0 Å². The Hall–Kier alpha value is -3.09. The van der Waals surface area contributed by atoms with E-state index in [4.69, 9.17) is 23.7 Å². The molecule has 2 aliphatic rings. The molecule has 1 fully saturated rings. The van der Waals surface area contributed by atoms with Crippen LogP contribution in [0, 0.1) is 5.92 Å². The van der Waals surface area contributed by atoms with Crippen molar-refractivity contribution in [3.8, 4) is 28.7 Å². The normalized spacial score (nSPS) is 20.3. The molecule has 1 aliphatic heterocycles. The van der Waals surface area contributed by atoms with Crippen LogP contribution in [0.1, 0.15) is 32.1 Å². The van der Waals surface area contributed by atoms with Gasteiger partial charge in [-0.25, -0.2) is 0 Å². The zero-order chi connectivity index (χ0) is 22.3. The lowest BCUT2D eigenvalue weighted by atomic mass is 9.82. The Kier molecular flexibility index (Phi) is 7.24. The molecule has 0 saturated heterocycles. The Balaban J connectivity index is 1.39. The molecule has 0 radical (unpaired) electrons. The maximum absolute atomic E-state index is 13.1. The Bertz CT molecular complexity index is 889. The van der Waals surface area contributed by atoms with Crippen molar-refractivity contribution in [2.75, 3.05) is 27.4 Å². The predicted octanol–water partition coefficient (Wildman–Crippen LogP) is 3.99. The molecule has 2 aromatic rings. The SMILES string of the molecule is COc1cccc(OC)c1OCCNC(=O)[C@H]1Oc2ccccc2O[C@@H]1C1CCCCC1. The molecule has 1 saturated carbocycles. The van der Waals surface area contributed by atoms with Gasteiger partial charge in [-0.05, 0) is 37.1 Å². The Labute approximate surface area is 189 Å². The third kappa shape index (κ3) is 4.87. The summed E-state index contributed by atoms with van der Waals surface area (Å²) in [6, 6.07) is 13.0. The molecular weight excluding hydrogens is 410 g/mol. The number of rotatable bonds is 8. The van der Waals surface area contributed by atoms with Gasteiger partial charge in [0.1, 0.15) is 12.7 Å². The summed E-state index contributed by atoms with van der Waals surface area (Å²) in [7, 11) is 3.15. The van der Waals surface area contributed by atoms with Gasteiger partial charge in [-0.2, -0.15) is 0 Å². The van der Waals surface area contributed by atoms with Crippen LogP contribution in [0.15, 0.2) is 42.5 Å². The average Bonchev–Trinajstić information content (AvgIpc) is 2.86. The van der Waals surface area contributed by atoms with Gasteiger partial charge in [0.25, 0.3) is 5.91 Å². The van der Waals surface area contributed by atoms with E-state index in [-0.39, 0.29) is 18.6 Å². The highest BCUT2D eigenvalue weighted by Gasteiger charge is 2.42. The van der Waals surface area contributed by atoms with Gasteiger partial charge in [0.15, 0.2) is 23.0 Å². The average molecular weight is 442 g/mol. The van der Waals surface area contributed by atoms with Gasteiger partial charge < -0.3 is 29.0 Å². The van der Waals surface area contributed by atoms with E-state index >= 15 is 0 Å². The first-order chi connectivity index (χ1) is 15.7. The van der Waals surface area contributed by atoms with Gasteiger partial charge in [-0.15, -0.1) is 0 Å². The molecule has 172 valence electrons. The number of hydrogen-bond donors (Lipinski definition) is 1. The third-order valence-electron chi connectivity index (χ3n) is 6.07. The lowest BCUT2D eigenvalue weighted by molar-refractivity contribution is -0.137. The molecular formula is C25H31NO6. The molecule has 0 spiro atoms. The van der Waals surface area contributed by atoms with Crippen LogP contribution in [0.25, 0.3) is 0 Å². The number of carbonyl (C=O) groups excluding carboxylic acids is 1. The number of amides is 1. The molecule has 1 N–H and O–H groups in total. The summed E-state index contributed by atoms with van der Waals surface area (Å²) in [6.45, 7) is 0.583. The number of carbonyl (C=O) groups is 1. The molecule has 7 nitrogen and oxygen atoms in total. The number of hydrogen-bond acceptors (Lipinski definition) is 6. The van der Waals surface area contributed by atoms with E-state index in [1.807, 2.05) is 30.3 Å². The molecule has 0 unspecified atom stereocenters. The predicted molar refractivity (Wildman–Crippen MR) is 120 cm³/mol. The summed E-state index contributed by atoms with van der Waals surface area (Å²) >= 11 is 0. The molecule has 4 rings (SSSR count). The van der Waals surface area contributed by atoms with Crippen molar-refractivity contribution in [3.63, 3.8) is 0 Å². The zero-order valence-electron chi connectivity index (χ0n) is 18.7. The topological polar surface area (TPSA) is 75.2 Å². The van der Waals surface area contributed by atoms with Crippen LogP contribution in [0.4, 0.5) is 0 Å². The van der Waals surface area contributed by atoms with E-state index in [0.717, 1.165) is 25.7 Å². The van der Waals surface area contributed by atoms with E-state index in [2.05, 4.69) is 5.32 Å². The van der Waals surface area contributed by atoms with E-state index in [1.165, 1.54) is 6.42 Å². The van der Waals surface area contributed by atoms with Gasteiger partial charge in [-0.3, -0.25) is 4.79 Å². The summed E-state index contributed by atoms with van der Waals surface area (Å²) in [4.78, 5) is 13.1. The molecule has 2 atom stereocenters. The quantitative estimate of drug-likeness (QED) is 0.625. The fourth-order valence-electron chi connectivity index (χ4n) is 4.45. The van der Waals surface area contributed by atoms with Crippen molar-refractivity contribution >= 4 is 5.91 Å². The Morgan fingerprint density at radius 3 is 2.25 bits per heavy atom. The number of ether oxygens (including phenoxy) is 5. The van der Waals surface area contributed by atoms with Crippen LogP contribution in [0.5, 0.6) is 28.7 Å². The van der Waals surface area contributed by atoms with Crippen molar-refractivity contribution in [2.24, 2.45) is 5.92 Å². The van der Waals surface area contributed by atoms with E-state index in [0.29, 0.717) is 41.2 Å². The molecule has 0 bridgehead atoms. The van der Waals surface area contributed by atoms with Crippen LogP contribution in [-0.4, -0.2) is 45.5 Å². The first-order valence-corrected chi connectivity index (χ1v) is 11.2. The van der Waals surface area contributed by atoms with Crippen LogP contribution in [0.3, 0.4) is 0 Å². The van der Waals surface area contributed by atoms with Crippen molar-refractivity contribution in [1.29, 1.82) is 0 Å². The molecule has 1 aliphatic carbocycles. The highest BCUT2D eigenvalue weighted by Crippen LogP contribution is 2.39. The highest BCUT2D eigenvalue weighted by molar-refractivity contribution is 5.82. The largest absolute Gasteiger partial charge is 0.493 e. The molecule has 32 heavy (non-hydrogen) atoms. The highest BCUT2D eigenvalue weighted by atomic mass is 16.6. The number of para-hydroxylation sites is 3. The first kappa shape index (κ1) is 22.1. The monoisotopic (exact) mass is 441 g/mol. The van der Waals surface area contributed by atoms with E-state index < -0.39 is 6.10 Å². The van der Waals surface area contributed by atoms with Crippen LogP contribution in [0.2, 0.25) is 0 Å². The second-order valence-corrected chi connectivity index (χ2v) is 8.10. The molecule has 0 aromatic heterocycles.